The lowest BCUT2D eigenvalue weighted by atomic mass is 10.0. The van der Waals surface area contributed by atoms with Gasteiger partial charge in [-0.1, -0.05) is 29.8 Å². The van der Waals surface area contributed by atoms with Crippen molar-refractivity contribution in [3.63, 3.8) is 0 Å². The first-order valence-corrected chi connectivity index (χ1v) is 6.68. The average molecular weight is 257 g/mol. The van der Waals surface area contributed by atoms with Gasteiger partial charge in [-0.15, -0.1) is 0 Å². The number of nitrogen functional groups attached to an aromatic ring is 1. The molecular weight excluding hydrogens is 238 g/mol. The summed E-state index contributed by atoms with van der Waals surface area (Å²) in [5.41, 5.74) is 10.3. The van der Waals surface area contributed by atoms with Gasteiger partial charge in [0.25, 0.3) is 0 Å². The molecule has 1 aromatic heterocycles. The zero-order valence-corrected chi connectivity index (χ0v) is 11.2. The normalized spacial score (nSPS) is 18.9. The number of nitrogens with zero attached hydrogens (tertiary/aromatic N) is 2. The summed E-state index contributed by atoms with van der Waals surface area (Å²) in [4.78, 5) is 0. The minimum atomic E-state index is 0.360. The van der Waals surface area contributed by atoms with Gasteiger partial charge in [0.2, 0.25) is 0 Å². The van der Waals surface area contributed by atoms with Crippen LogP contribution in [0.4, 0.5) is 5.69 Å². The van der Waals surface area contributed by atoms with Crippen LogP contribution >= 0.6 is 0 Å². The Hall–Kier alpha value is -1.81. The van der Waals surface area contributed by atoms with Crippen LogP contribution in [0.15, 0.2) is 30.5 Å². The van der Waals surface area contributed by atoms with Crippen LogP contribution in [0.2, 0.25) is 0 Å². The van der Waals surface area contributed by atoms with Gasteiger partial charge in [-0.2, -0.15) is 5.10 Å². The molecule has 0 radical (unpaired) electrons. The molecule has 19 heavy (non-hydrogen) atoms. The minimum absolute atomic E-state index is 0.360. The molecule has 4 heteroatoms. The maximum atomic E-state index is 6.06. The van der Waals surface area contributed by atoms with Crippen molar-refractivity contribution in [2.24, 2.45) is 0 Å². The number of aryl methyl sites for hydroxylation is 1. The van der Waals surface area contributed by atoms with Crippen molar-refractivity contribution in [1.29, 1.82) is 0 Å². The van der Waals surface area contributed by atoms with Gasteiger partial charge < -0.3 is 10.5 Å². The monoisotopic (exact) mass is 257 g/mol. The van der Waals surface area contributed by atoms with E-state index in [4.69, 9.17) is 10.5 Å². The maximum absolute atomic E-state index is 6.06. The predicted molar refractivity (Wildman–Crippen MR) is 75.1 cm³/mol. The number of benzene rings is 1. The lowest BCUT2D eigenvalue weighted by Crippen LogP contribution is -2.04. The fourth-order valence-electron chi connectivity index (χ4n) is 2.48. The van der Waals surface area contributed by atoms with Gasteiger partial charge >= 0.3 is 0 Å². The number of nitrogens with two attached hydrogens (primary N) is 1. The molecule has 2 N–H and O–H groups in total. The molecule has 1 fully saturated rings. The fraction of sp³-hybridized carbons (Fsp3) is 0.400. The fourth-order valence-corrected chi connectivity index (χ4v) is 2.48. The minimum Gasteiger partial charge on any atom is -0.396 e. The SMILES string of the molecule is Cc1ccc(Cn2cc(N)c(C3CCOC3)n2)cc1. The number of hydrogen-bond acceptors (Lipinski definition) is 3. The Kier molecular flexibility index (Phi) is 3.25. The van der Waals surface area contributed by atoms with E-state index in [1.54, 1.807) is 0 Å². The Morgan fingerprint density at radius 3 is 2.84 bits per heavy atom. The smallest absolute Gasteiger partial charge is 0.0908 e. The van der Waals surface area contributed by atoms with Crippen molar-refractivity contribution >= 4 is 5.69 Å². The van der Waals surface area contributed by atoms with Crippen molar-refractivity contribution in [3.8, 4) is 0 Å². The first-order chi connectivity index (χ1) is 9.22. The topological polar surface area (TPSA) is 53.1 Å². The molecule has 2 aromatic rings. The second kappa shape index (κ2) is 5.05. The third kappa shape index (κ3) is 2.63. The van der Waals surface area contributed by atoms with E-state index in [1.807, 2.05) is 10.9 Å². The molecular formula is C15H19N3O. The van der Waals surface area contributed by atoms with E-state index in [1.165, 1.54) is 11.1 Å². The summed E-state index contributed by atoms with van der Waals surface area (Å²) in [6, 6.07) is 8.50. The maximum Gasteiger partial charge on any atom is 0.0908 e. The second-order valence-corrected chi connectivity index (χ2v) is 5.21. The Morgan fingerprint density at radius 1 is 1.37 bits per heavy atom. The highest BCUT2D eigenvalue weighted by molar-refractivity contribution is 5.43. The lowest BCUT2D eigenvalue weighted by Gasteiger charge is -2.05. The summed E-state index contributed by atoms with van der Waals surface area (Å²) in [6.45, 7) is 4.41. The van der Waals surface area contributed by atoms with E-state index < -0.39 is 0 Å². The van der Waals surface area contributed by atoms with Gasteiger partial charge in [-0.3, -0.25) is 4.68 Å². The van der Waals surface area contributed by atoms with Gasteiger partial charge in [0, 0.05) is 18.7 Å². The standard InChI is InChI=1S/C15H19N3O/c1-11-2-4-12(5-3-11)8-18-9-14(16)15(17-18)13-6-7-19-10-13/h2-5,9,13H,6-8,10,16H2,1H3. The summed E-state index contributed by atoms with van der Waals surface area (Å²) in [5, 5.41) is 4.62. The number of ether oxygens (including phenoxy) is 1. The molecule has 1 unspecified atom stereocenters. The molecule has 1 aliphatic rings. The van der Waals surface area contributed by atoms with Gasteiger partial charge in [0.05, 0.1) is 24.5 Å². The lowest BCUT2D eigenvalue weighted by molar-refractivity contribution is 0.193. The largest absolute Gasteiger partial charge is 0.396 e. The van der Waals surface area contributed by atoms with Crippen molar-refractivity contribution in [2.45, 2.75) is 25.8 Å². The zero-order chi connectivity index (χ0) is 13.2. The average Bonchev–Trinajstić information content (AvgIpc) is 3.01. The van der Waals surface area contributed by atoms with E-state index in [9.17, 15) is 0 Å². The molecule has 100 valence electrons. The molecule has 0 spiro atoms. The van der Waals surface area contributed by atoms with Crippen molar-refractivity contribution in [3.05, 3.63) is 47.3 Å². The first kappa shape index (κ1) is 12.2. The van der Waals surface area contributed by atoms with Crippen molar-refractivity contribution in [2.75, 3.05) is 18.9 Å². The van der Waals surface area contributed by atoms with Gasteiger partial charge in [-0.25, -0.2) is 0 Å². The first-order valence-electron chi connectivity index (χ1n) is 6.68. The Labute approximate surface area is 113 Å². The highest BCUT2D eigenvalue weighted by atomic mass is 16.5. The Morgan fingerprint density at radius 2 is 2.16 bits per heavy atom. The van der Waals surface area contributed by atoms with Crippen molar-refractivity contribution in [1.82, 2.24) is 9.78 Å². The Balaban J connectivity index is 1.78. The zero-order valence-electron chi connectivity index (χ0n) is 11.2. The molecule has 4 nitrogen and oxygen atoms in total. The molecule has 1 aromatic carbocycles. The summed E-state index contributed by atoms with van der Waals surface area (Å²) >= 11 is 0. The second-order valence-electron chi connectivity index (χ2n) is 5.21. The number of aromatic nitrogens is 2. The van der Waals surface area contributed by atoms with Crippen LogP contribution in [0.1, 0.15) is 29.2 Å². The molecule has 1 aliphatic heterocycles. The van der Waals surface area contributed by atoms with Crippen LogP contribution in [-0.4, -0.2) is 23.0 Å². The number of anilines is 1. The third-order valence-electron chi connectivity index (χ3n) is 3.60. The Bertz CT molecular complexity index is 553. The highest BCUT2D eigenvalue weighted by Crippen LogP contribution is 2.28. The molecule has 0 bridgehead atoms. The van der Waals surface area contributed by atoms with E-state index in [2.05, 4.69) is 36.3 Å². The van der Waals surface area contributed by atoms with E-state index in [0.29, 0.717) is 5.92 Å². The van der Waals surface area contributed by atoms with Crippen LogP contribution < -0.4 is 5.73 Å². The van der Waals surface area contributed by atoms with Crippen LogP contribution in [0.3, 0.4) is 0 Å². The summed E-state index contributed by atoms with van der Waals surface area (Å²) in [7, 11) is 0. The van der Waals surface area contributed by atoms with Crippen LogP contribution in [0.25, 0.3) is 0 Å². The molecule has 0 aliphatic carbocycles. The molecule has 3 rings (SSSR count). The summed E-state index contributed by atoms with van der Waals surface area (Å²) in [5.74, 6) is 0.360. The van der Waals surface area contributed by atoms with Crippen LogP contribution in [0.5, 0.6) is 0 Å². The molecule has 1 saturated heterocycles. The summed E-state index contributed by atoms with van der Waals surface area (Å²) in [6.07, 6.45) is 2.94. The van der Waals surface area contributed by atoms with E-state index in [0.717, 1.165) is 37.6 Å². The number of rotatable bonds is 3. The van der Waals surface area contributed by atoms with Gasteiger partial charge in [-0.05, 0) is 18.9 Å². The van der Waals surface area contributed by atoms with Crippen LogP contribution in [0, 0.1) is 6.92 Å². The van der Waals surface area contributed by atoms with Gasteiger partial charge in [0.15, 0.2) is 0 Å². The summed E-state index contributed by atoms with van der Waals surface area (Å²) < 4.78 is 7.33. The molecule has 1 atom stereocenters. The number of hydrogen-bond donors (Lipinski definition) is 1. The molecule has 0 amide bonds. The molecule has 0 saturated carbocycles. The third-order valence-corrected chi connectivity index (χ3v) is 3.60. The van der Waals surface area contributed by atoms with E-state index in [-0.39, 0.29) is 0 Å². The van der Waals surface area contributed by atoms with E-state index >= 15 is 0 Å². The van der Waals surface area contributed by atoms with Gasteiger partial charge in [0.1, 0.15) is 0 Å². The molecule has 2 heterocycles. The quantitative estimate of drug-likeness (QED) is 0.918. The van der Waals surface area contributed by atoms with Crippen molar-refractivity contribution < 1.29 is 4.74 Å². The highest BCUT2D eigenvalue weighted by Gasteiger charge is 2.22. The van der Waals surface area contributed by atoms with Crippen LogP contribution in [-0.2, 0) is 11.3 Å². The predicted octanol–water partition coefficient (Wildman–Crippen LogP) is 2.33.